The van der Waals surface area contributed by atoms with Gasteiger partial charge in [-0.2, -0.15) is 0 Å². The molecule has 116 valence electrons. The zero-order valence-corrected chi connectivity index (χ0v) is 12.3. The molecule has 2 N–H and O–H groups in total. The van der Waals surface area contributed by atoms with E-state index in [4.69, 9.17) is 9.84 Å². The molecule has 0 saturated heterocycles. The van der Waals surface area contributed by atoms with Crippen molar-refractivity contribution in [3.8, 4) is 0 Å². The average molecular weight is 288 g/mol. The van der Waals surface area contributed by atoms with E-state index in [0.717, 1.165) is 12.8 Å². The molecular formula is C13H24N2O5. The van der Waals surface area contributed by atoms with Crippen LogP contribution in [0.4, 0.5) is 4.79 Å². The molecule has 0 aromatic carbocycles. The van der Waals surface area contributed by atoms with Crippen molar-refractivity contribution in [2.45, 2.75) is 45.6 Å². The van der Waals surface area contributed by atoms with Crippen LogP contribution in [0.25, 0.3) is 0 Å². The van der Waals surface area contributed by atoms with Crippen LogP contribution < -0.4 is 5.32 Å². The molecule has 0 fully saturated rings. The van der Waals surface area contributed by atoms with Crippen molar-refractivity contribution >= 4 is 18.0 Å². The molecule has 2 amide bonds. The number of esters is 1. The van der Waals surface area contributed by atoms with E-state index in [9.17, 15) is 14.4 Å². The van der Waals surface area contributed by atoms with E-state index in [1.54, 1.807) is 6.92 Å². The van der Waals surface area contributed by atoms with Crippen molar-refractivity contribution in [1.29, 1.82) is 0 Å². The predicted molar refractivity (Wildman–Crippen MR) is 73.4 cm³/mol. The molecule has 0 aromatic heterocycles. The summed E-state index contributed by atoms with van der Waals surface area (Å²) >= 11 is 0. The number of nitrogens with one attached hydrogen (secondary N) is 1. The first kappa shape index (κ1) is 18.2. The highest BCUT2D eigenvalue weighted by molar-refractivity contribution is 5.82. The third-order valence-electron chi connectivity index (χ3n) is 2.75. The Morgan fingerprint density at radius 3 is 2.45 bits per heavy atom. The van der Waals surface area contributed by atoms with Gasteiger partial charge in [-0.25, -0.2) is 9.59 Å². The Morgan fingerprint density at radius 2 is 1.95 bits per heavy atom. The molecule has 0 spiro atoms. The van der Waals surface area contributed by atoms with Gasteiger partial charge in [0.05, 0.1) is 13.0 Å². The molecular weight excluding hydrogens is 264 g/mol. The molecule has 0 rings (SSSR count). The van der Waals surface area contributed by atoms with Crippen LogP contribution in [0.15, 0.2) is 0 Å². The van der Waals surface area contributed by atoms with Crippen LogP contribution in [0.5, 0.6) is 0 Å². The number of carbonyl (C=O) groups is 3. The summed E-state index contributed by atoms with van der Waals surface area (Å²) in [5, 5.41) is 11.5. The standard InChI is InChI=1S/C13H24N2O5/c1-4-6-7-10(12(17)18)14-13(19)15(3)9-8-11(16)20-5-2/h10H,4-9H2,1-3H3,(H,14,19)(H,17,18). The summed E-state index contributed by atoms with van der Waals surface area (Å²) in [4.78, 5) is 35.2. The van der Waals surface area contributed by atoms with Gasteiger partial charge in [-0.15, -0.1) is 0 Å². The Labute approximate surface area is 119 Å². The molecule has 0 aliphatic rings. The Kier molecular flexibility index (Phi) is 9.15. The molecule has 0 radical (unpaired) electrons. The Bertz CT molecular complexity index is 333. The van der Waals surface area contributed by atoms with Crippen LogP contribution in [0.1, 0.15) is 39.5 Å². The number of carbonyl (C=O) groups excluding carboxylic acids is 2. The zero-order valence-electron chi connectivity index (χ0n) is 12.3. The van der Waals surface area contributed by atoms with Crippen molar-refractivity contribution in [3.05, 3.63) is 0 Å². The summed E-state index contributed by atoms with van der Waals surface area (Å²) in [5.74, 6) is -1.43. The van der Waals surface area contributed by atoms with Crippen molar-refractivity contribution in [3.63, 3.8) is 0 Å². The molecule has 0 saturated carbocycles. The molecule has 0 heterocycles. The fraction of sp³-hybridized carbons (Fsp3) is 0.769. The van der Waals surface area contributed by atoms with Crippen LogP contribution in [0, 0.1) is 0 Å². The van der Waals surface area contributed by atoms with E-state index in [0.29, 0.717) is 13.0 Å². The number of amides is 2. The topological polar surface area (TPSA) is 95.9 Å². The normalized spacial score (nSPS) is 11.6. The summed E-state index contributed by atoms with van der Waals surface area (Å²) in [6.45, 7) is 4.14. The van der Waals surface area contributed by atoms with Crippen LogP contribution in [0.3, 0.4) is 0 Å². The summed E-state index contributed by atoms with van der Waals surface area (Å²) in [7, 11) is 1.51. The molecule has 0 aromatic rings. The van der Waals surface area contributed by atoms with E-state index in [2.05, 4.69) is 5.32 Å². The maximum Gasteiger partial charge on any atom is 0.326 e. The van der Waals surface area contributed by atoms with E-state index >= 15 is 0 Å². The van der Waals surface area contributed by atoms with Crippen molar-refractivity contribution in [1.82, 2.24) is 10.2 Å². The lowest BCUT2D eigenvalue weighted by Gasteiger charge is -2.21. The molecule has 7 heteroatoms. The number of carboxylic acid groups (broad SMARTS) is 1. The number of rotatable bonds is 9. The smallest absolute Gasteiger partial charge is 0.326 e. The highest BCUT2D eigenvalue weighted by Crippen LogP contribution is 2.02. The third kappa shape index (κ3) is 7.60. The van der Waals surface area contributed by atoms with E-state index in [-0.39, 0.29) is 18.9 Å². The van der Waals surface area contributed by atoms with Crippen LogP contribution >= 0.6 is 0 Å². The van der Waals surface area contributed by atoms with Gasteiger partial charge in [0.1, 0.15) is 6.04 Å². The Hall–Kier alpha value is -1.79. The number of ether oxygens (including phenoxy) is 1. The van der Waals surface area contributed by atoms with Crippen LogP contribution in [-0.4, -0.2) is 54.2 Å². The first-order valence-electron chi connectivity index (χ1n) is 6.82. The fourth-order valence-corrected chi connectivity index (χ4v) is 1.52. The van der Waals surface area contributed by atoms with Gasteiger partial charge in [0.25, 0.3) is 0 Å². The quantitative estimate of drug-likeness (QED) is 0.622. The second-order valence-corrected chi connectivity index (χ2v) is 4.46. The van der Waals surface area contributed by atoms with Crippen LogP contribution in [0.2, 0.25) is 0 Å². The molecule has 1 unspecified atom stereocenters. The molecule has 0 aliphatic heterocycles. The lowest BCUT2D eigenvalue weighted by atomic mass is 10.1. The second-order valence-electron chi connectivity index (χ2n) is 4.46. The minimum Gasteiger partial charge on any atom is -0.480 e. The van der Waals surface area contributed by atoms with E-state index < -0.39 is 18.0 Å². The van der Waals surface area contributed by atoms with Gasteiger partial charge in [-0.1, -0.05) is 19.8 Å². The SMILES string of the molecule is CCCCC(NC(=O)N(C)CCC(=O)OCC)C(=O)O. The van der Waals surface area contributed by atoms with Gasteiger partial charge < -0.3 is 20.1 Å². The number of unbranched alkanes of at least 4 members (excludes halogenated alkanes) is 1. The van der Waals surface area contributed by atoms with Gasteiger partial charge in [0, 0.05) is 13.6 Å². The first-order chi connectivity index (χ1) is 9.42. The average Bonchev–Trinajstić information content (AvgIpc) is 2.40. The zero-order chi connectivity index (χ0) is 15.5. The summed E-state index contributed by atoms with van der Waals surface area (Å²) < 4.78 is 4.75. The number of hydrogen-bond donors (Lipinski definition) is 2. The summed E-state index contributed by atoms with van der Waals surface area (Å²) in [6.07, 6.45) is 2.07. The number of aliphatic carboxylic acids is 1. The van der Waals surface area contributed by atoms with Gasteiger partial charge in [-0.3, -0.25) is 4.79 Å². The lowest BCUT2D eigenvalue weighted by Crippen LogP contribution is -2.47. The number of nitrogens with zero attached hydrogens (tertiary/aromatic N) is 1. The van der Waals surface area contributed by atoms with Crippen molar-refractivity contribution in [2.24, 2.45) is 0 Å². The second kappa shape index (κ2) is 10.1. The molecule has 20 heavy (non-hydrogen) atoms. The van der Waals surface area contributed by atoms with Gasteiger partial charge >= 0.3 is 18.0 Å². The van der Waals surface area contributed by atoms with Gasteiger partial charge in [0.2, 0.25) is 0 Å². The van der Waals surface area contributed by atoms with Crippen molar-refractivity contribution in [2.75, 3.05) is 20.2 Å². The maximum atomic E-state index is 11.8. The monoisotopic (exact) mass is 288 g/mol. The highest BCUT2D eigenvalue weighted by atomic mass is 16.5. The predicted octanol–water partition coefficient (Wildman–Crippen LogP) is 1.22. The first-order valence-corrected chi connectivity index (χ1v) is 6.82. The van der Waals surface area contributed by atoms with Gasteiger partial charge in [0.15, 0.2) is 0 Å². The largest absolute Gasteiger partial charge is 0.480 e. The number of carboxylic acids is 1. The number of urea groups is 1. The molecule has 0 bridgehead atoms. The molecule has 7 nitrogen and oxygen atoms in total. The minimum absolute atomic E-state index is 0.0878. The van der Waals surface area contributed by atoms with Crippen molar-refractivity contribution < 1.29 is 24.2 Å². The highest BCUT2D eigenvalue weighted by Gasteiger charge is 2.21. The summed E-state index contributed by atoms with van der Waals surface area (Å²) in [6, 6.07) is -1.40. The fourth-order valence-electron chi connectivity index (χ4n) is 1.52. The number of hydrogen-bond acceptors (Lipinski definition) is 4. The third-order valence-corrected chi connectivity index (χ3v) is 2.75. The van der Waals surface area contributed by atoms with Crippen LogP contribution in [-0.2, 0) is 14.3 Å². The van der Waals surface area contributed by atoms with E-state index in [1.807, 2.05) is 6.92 Å². The molecule has 0 aliphatic carbocycles. The van der Waals surface area contributed by atoms with Gasteiger partial charge in [-0.05, 0) is 13.3 Å². The molecule has 1 atom stereocenters. The summed E-state index contributed by atoms with van der Waals surface area (Å²) in [5.41, 5.74) is 0. The lowest BCUT2D eigenvalue weighted by molar-refractivity contribution is -0.143. The maximum absolute atomic E-state index is 11.8. The Balaban J connectivity index is 4.21. The Morgan fingerprint density at radius 1 is 1.30 bits per heavy atom. The minimum atomic E-state index is -1.05. The van der Waals surface area contributed by atoms with E-state index in [1.165, 1.54) is 11.9 Å².